The number of ether oxygens (including phenoxy) is 3. The van der Waals surface area contributed by atoms with Gasteiger partial charge in [-0.3, -0.25) is 9.59 Å². The molecule has 1 aliphatic heterocycles. The number of amides is 1. The molecule has 1 amide bonds. The number of rotatable bonds is 5. The van der Waals surface area contributed by atoms with Crippen LogP contribution in [0.5, 0.6) is 17.2 Å². The maximum Gasteiger partial charge on any atom is 0.294 e. The first-order valence-electron chi connectivity index (χ1n) is 9.74. The predicted molar refractivity (Wildman–Crippen MR) is 120 cm³/mol. The number of aryl methyl sites for hydroxylation is 1. The highest BCUT2D eigenvalue weighted by atomic mass is 32.1. The van der Waals surface area contributed by atoms with Gasteiger partial charge in [0.15, 0.2) is 17.0 Å². The molecule has 0 aliphatic carbocycles. The third kappa shape index (κ3) is 3.65. The maximum atomic E-state index is 13.0. The van der Waals surface area contributed by atoms with Crippen LogP contribution in [0.1, 0.15) is 5.01 Å². The molecule has 0 radical (unpaired) electrons. The number of benzene rings is 2. The second-order valence-corrected chi connectivity index (χ2v) is 8.27. The summed E-state index contributed by atoms with van der Waals surface area (Å²) in [5.74, 6) is 1.49. The first kappa shape index (κ1) is 20.0. The van der Waals surface area contributed by atoms with Gasteiger partial charge in [-0.1, -0.05) is 0 Å². The van der Waals surface area contributed by atoms with Crippen LogP contribution >= 0.6 is 11.3 Å². The first-order chi connectivity index (χ1) is 15.5. The van der Waals surface area contributed by atoms with Crippen molar-refractivity contribution in [3.63, 3.8) is 0 Å². The average Bonchev–Trinajstić information content (AvgIpc) is 3.42. The Balaban J connectivity index is 1.48. The second kappa shape index (κ2) is 7.97. The molecular formula is C22H18N4O5S. The molecule has 0 bridgehead atoms. The summed E-state index contributed by atoms with van der Waals surface area (Å²) in [5, 5.41) is 8.02. The Kier molecular flexibility index (Phi) is 4.98. The average molecular weight is 450 g/mol. The molecule has 3 heterocycles. The largest absolute Gasteiger partial charge is 0.497 e. The summed E-state index contributed by atoms with van der Waals surface area (Å²) in [5.41, 5.74) is 1.80. The van der Waals surface area contributed by atoms with E-state index < -0.39 is 11.5 Å². The van der Waals surface area contributed by atoms with Gasteiger partial charge in [-0.25, -0.2) is 9.67 Å². The topological polar surface area (TPSA) is 105 Å². The van der Waals surface area contributed by atoms with E-state index in [1.54, 1.807) is 25.3 Å². The maximum absolute atomic E-state index is 13.0. The van der Waals surface area contributed by atoms with Crippen LogP contribution in [0.3, 0.4) is 0 Å². The van der Waals surface area contributed by atoms with Crippen molar-refractivity contribution in [2.45, 2.75) is 13.5 Å². The van der Waals surface area contributed by atoms with E-state index in [-0.39, 0.29) is 13.3 Å². The summed E-state index contributed by atoms with van der Waals surface area (Å²) >= 11 is 1.39. The molecule has 0 saturated carbocycles. The van der Waals surface area contributed by atoms with E-state index in [9.17, 15) is 9.59 Å². The zero-order valence-electron chi connectivity index (χ0n) is 17.2. The van der Waals surface area contributed by atoms with Crippen LogP contribution in [-0.2, 0) is 11.3 Å². The summed E-state index contributed by atoms with van der Waals surface area (Å²) in [4.78, 5) is 30.0. The molecule has 0 spiro atoms. The highest BCUT2D eigenvalue weighted by Crippen LogP contribution is 2.34. The molecule has 4 aromatic rings. The molecule has 1 aliphatic rings. The molecule has 5 rings (SSSR count). The SMILES string of the molecule is COc1ccc(-c2nn(CC(=O)Nc3ccc4c(c3)OCO4)c(=O)c3nc(C)sc23)cc1. The molecule has 9 nitrogen and oxygen atoms in total. The molecule has 32 heavy (non-hydrogen) atoms. The molecule has 1 N–H and O–H groups in total. The van der Waals surface area contributed by atoms with E-state index in [1.165, 1.54) is 11.3 Å². The molecule has 0 fully saturated rings. The number of anilines is 1. The Morgan fingerprint density at radius 1 is 1.19 bits per heavy atom. The summed E-state index contributed by atoms with van der Waals surface area (Å²) in [6.45, 7) is 1.72. The van der Waals surface area contributed by atoms with Crippen molar-refractivity contribution in [3.8, 4) is 28.5 Å². The highest BCUT2D eigenvalue weighted by molar-refractivity contribution is 7.19. The Labute approximate surface area is 186 Å². The van der Waals surface area contributed by atoms with Gasteiger partial charge < -0.3 is 19.5 Å². The number of nitrogens with one attached hydrogen (secondary N) is 1. The Morgan fingerprint density at radius 2 is 1.97 bits per heavy atom. The Bertz CT molecular complexity index is 1390. The van der Waals surface area contributed by atoms with E-state index in [1.807, 2.05) is 31.2 Å². The Morgan fingerprint density at radius 3 is 2.75 bits per heavy atom. The highest BCUT2D eigenvalue weighted by Gasteiger charge is 2.19. The first-order valence-corrected chi connectivity index (χ1v) is 10.6. The van der Waals surface area contributed by atoms with Crippen LogP contribution in [0.25, 0.3) is 21.5 Å². The lowest BCUT2D eigenvalue weighted by Gasteiger charge is -2.10. The van der Waals surface area contributed by atoms with E-state index in [4.69, 9.17) is 14.2 Å². The minimum absolute atomic E-state index is 0.146. The van der Waals surface area contributed by atoms with Crippen LogP contribution in [0, 0.1) is 6.92 Å². The van der Waals surface area contributed by atoms with Gasteiger partial charge in [0.1, 0.15) is 18.0 Å². The summed E-state index contributed by atoms with van der Waals surface area (Å²) in [6.07, 6.45) is 0. The molecule has 10 heteroatoms. The fourth-order valence-electron chi connectivity index (χ4n) is 3.42. The fraction of sp³-hybridized carbons (Fsp3) is 0.182. The van der Waals surface area contributed by atoms with Crippen molar-refractivity contribution in [3.05, 3.63) is 57.8 Å². The van der Waals surface area contributed by atoms with Gasteiger partial charge in [-0.15, -0.1) is 11.3 Å². The van der Waals surface area contributed by atoms with E-state index in [0.29, 0.717) is 38.8 Å². The van der Waals surface area contributed by atoms with Gasteiger partial charge in [0.25, 0.3) is 5.56 Å². The van der Waals surface area contributed by atoms with Crippen LogP contribution < -0.4 is 25.1 Å². The lowest BCUT2D eigenvalue weighted by molar-refractivity contribution is -0.117. The number of aromatic nitrogens is 3. The van der Waals surface area contributed by atoms with E-state index in [0.717, 1.165) is 15.3 Å². The number of hydrogen-bond acceptors (Lipinski definition) is 8. The number of carbonyl (C=O) groups is 1. The molecular weight excluding hydrogens is 432 g/mol. The number of thiazole rings is 1. The van der Waals surface area contributed by atoms with Crippen LogP contribution in [0.15, 0.2) is 47.3 Å². The van der Waals surface area contributed by atoms with Crippen molar-refractivity contribution >= 4 is 33.1 Å². The van der Waals surface area contributed by atoms with Gasteiger partial charge in [0, 0.05) is 17.3 Å². The number of hydrogen-bond donors (Lipinski definition) is 1. The summed E-state index contributed by atoms with van der Waals surface area (Å²) < 4.78 is 17.7. The zero-order chi connectivity index (χ0) is 22.2. The molecule has 2 aromatic heterocycles. The third-order valence-electron chi connectivity index (χ3n) is 4.92. The minimum Gasteiger partial charge on any atom is -0.497 e. The van der Waals surface area contributed by atoms with E-state index in [2.05, 4.69) is 15.4 Å². The summed E-state index contributed by atoms with van der Waals surface area (Å²) in [6, 6.07) is 12.4. The fourth-order valence-corrected chi connectivity index (χ4v) is 4.34. The number of methoxy groups -OCH3 is 1. The minimum atomic E-state index is -0.414. The smallest absolute Gasteiger partial charge is 0.294 e. The van der Waals surface area contributed by atoms with Gasteiger partial charge in [-0.2, -0.15) is 5.10 Å². The standard InChI is InChI=1S/C22H18N4O5S/c1-12-23-20-21(32-12)19(13-3-6-15(29-2)7-4-13)25-26(22(20)28)10-18(27)24-14-5-8-16-17(9-14)31-11-30-16/h3-9H,10-11H2,1-2H3,(H,24,27). The van der Waals surface area contributed by atoms with Crippen molar-refractivity contribution < 1.29 is 19.0 Å². The second-order valence-electron chi connectivity index (χ2n) is 7.07. The Hall–Kier alpha value is -3.92. The number of fused-ring (bicyclic) bond motifs is 2. The lowest BCUT2D eigenvalue weighted by Crippen LogP contribution is -2.30. The molecule has 2 aromatic carbocycles. The van der Waals surface area contributed by atoms with E-state index >= 15 is 0 Å². The summed E-state index contributed by atoms with van der Waals surface area (Å²) in [7, 11) is 1.59. The van der Waals surface area contributed by atoms with Crippen LogP contribution in [0.4, 0.5) is 5.69 Å². The molecule has 162 valence electrons. The van der Waals surface area contributed by atoms with Crippen LogP contribution in [0.2, 0.25) is 0 Å². The normalized spacial score (nSPS) is 12.2. The van der Waals surface area contributed by atoms with Gasteiger partial charge in [-0.05, 0) is 43.3 Å². The predicted octanol–water partition coefficient (Wildman–Crippen LogP) is 3.20. The zero-order valence-corrected chi connectivity index (χ0v) is 18.1. The van der Waals surface area contributed by atoms with Crippen molar-refractivity contribution in [1.29, 1.82) is 0 Å². The third-order valence-corrected chi connectivity index (χ3v) is 5.90. The van der Waals surface area contributed by atoms with Gasteiger partial charge in [0.05, 0.1) is 16.8 Å². The van der Waals surface area contributed by atoms with Crippen molar-refractivity contribution in [1.82, 2.24) is 14.8 Å². The quantitative estimate of drug-likeness (QED) is 0.498. The van der Waals surface area contributed by atoms with Gasteiger partial charge >= 0.3 is 0 Å². The molecule has 0 unspecified atom stereocenters. The number of nitrogens with zero attached hydrogens (tertiary/aromatic N) is 3. The van der Waals surface area contributed by atoms with Crippen molar-refractivity contribution in [2.24, 2.45) is 0 Å². The monoisotopic (exact) mass is 450 g/mol. The number of carbonyl (C=O) groups excluding carboxylic acids is 1. The van der Waals surface area contributed by atoms with Gasteiger partial charge in [0.2, 0.25) is 12.7 Å². The molecule has 0 atom stereocenters. The molecule has 0 saturated heterocycles. The van der Waals surface area contributed by atoms with Crippen LogP contribution in [-0.4, -0.2) is 34.6 Å². The lowest BCUT2D eigenvalue weighted by atomic mass is 10.1. The van der Waals surface area contributed by atoms with Crippen molar-refractivity contribution in [2.75, 3.05) is 19.2 Å².